The largest absolute Gasteiger partial charge is 0.381 e. The zero-order chi connectivity index (χ0) is 22.8. The molecule has 2 aromatic carbocycles. The molecule has 6 nitrogen and oxygen atoms in total. The van der Waals surface area contributed by atoms with Crippen LogP contribution in [0.3, 0.4) is 0 Å². The number of fused-ring (bicyclic) bond motifs is 1. The van der Waals surface area contributed by atoms with Gasteiger partial charge >= 0.3 is 0 Å². The van der Waals surface area contributed by atoms with Crippen molar-refractivity contribution >= 4 is 34.8 Å². The molecule has 0 radical (unpaired) electrons. The number of hydrogen-bond acceptors (Lipinski definition) is 4. The number of rotatable bonds is 4. The molecular formula is C25H26Cl2N4O2. The Morgan fingerprint density at radius 2 is 1.88 bits per heavy atom. The molecule has 2 aliphatic rings. The van der Waals surface area contributed by atoms with Crippen molar-refractivity contribution in [1.82, 2.24) is 14.8 Å². The van der Waals surface area contributed by atoms with Crippen LogP contribution in [0.5, 0.6) is 0 Å². The third kappa shape index (κ3) is 4.39. The third-order valence-corrected chi connectivity index (χ3v) is 7.26. The first-order valence-electron chi connectivity index (χ1n) is 11.4. The number of nitrogens with one attached hydrogen (secondary N) is 1. The lowest BCUT2D eigenvalue weighted by Crippen LogP contribution is -2.45. The van der Waals surface area contributed by atoms with Crippen LogP contribution in [0.15, 0.2) is 42.5 Å². The number of hydrogen-bond donors (Lipinski definition) is 1. The zero-order valence-electron chi connectivity index (χ0n) is 18.3. The number of aryl methyl sites for hydroxylation is 1. The van der Waals surface area contributed by atoms with E-state index in [1.165, 1.54) is 6.42 Å². The van der Waals surface area contributed by atoms with Gasteiger partial charge in [0.2, 0.25) is 5.91 Å². The quantitative estimate of drug-likeness (QED) is 0.518. The van der Waals surface area contributed by atoms with Crippen molar-refractivity contribution in [2.45, 2.75) is 50.5 Å². The predicted octanol–water partition coefficient (Wildman–Crippen LogP) is 5.67. The summed E-state index contributed by atoms with van der Waals surface area (Å²) in [5.74, 6) is 1.80. The van der Waals surface area contributed by atoms with Crippen molar-refractivity contribution in [2.24, 2.45) is 0 Å². The van der Waals surface area contributed by atoms with E-state index in [1.54, 1.807) is 12.1 Å². The van der Waals surface area contributed by atoms with E-state index in [0.717, 1.165) is 54.3 Å². The highest BCUT2D eigenvalue weighted by molar-refractivity contribution is 6.35. The number of carbonyl (C=O) groups excluding carboxylic acids is 1. The molecule has 0 spiro atoms. The molecule has 1 saturated heterocycles. The van der Waals surface area contributed by atoms with Crippen LogP contribution in [0.25, 0.3) is 11.4 Å². The van der Waals surface area contributed by atoms with E-state index in [1.807, 2.05) is 30.3 Å². The van der Waals surface area contributed by atoms with Gasteiger partial charge in [0.1, 0.15) is 5.82 Å². The van der Waals surface area contributed by atoms with E-state index in [2.05, 4.69) is 20.1 Å². The summed E-state index contributed by atoms with van der Waals surface area (Å²) in [5, 5.41) is 13.1. The minimum Gasteiger partial charge on any atom is -0.381 e. The molecule has 1 N–H and O–H groups in total. The van der Waals surface area contributed by atoms with Gasteiger partial charge in [-0.15, -0.1) is 10.2 Å². The summed E-state index contributed by atoms with van der Waals surface area (Å²) in [7, 11) is 0. The molecule has 0 unspecified atom stereocenters. The topological polar surface area (TPSA) is 69.0 Å². The van der Waals surface area contributed by atoms with E-state index < -0.39 is 5.41 Å². The number of amides is 1. The molecule has 3 heterocycles. The van der Waals surface area contributed by atoms with E-state index in [0.29, 0.717) is 36.1 Å². The van der Waals surface area contributed by atoms with Crippen LogP contribution in [0, 0.1) is 0 Å². The molecular weight excluding hydrogens is 459 g/mol. The highest BCUT2D eigenvalue weighted by Crippen LogP contribution is 2.41. The second-order valence-electron chi connectivity index (χ2n) is 8.76. The molecule has 8 heteroatoms. The molecule has 1 amide bonds. The molecule has 3 aromatic rings. The van der Waals surface area contributed by atoms with Gasteiger partial charge in [0.25, 0.3) is 0 Å². The van der Waals surface area contributed by atoms with Crippen LogP contribution in [0.1, 0.15) is 43.5 Å². The Labute approximate surface area is 203 Å². The number of ether oxygens (including phenoxy) is 1. The average molecular weight is 485 g/mol. The number of nitrogens with zero attached hydrogens (tertiary/aromatic N) is 3. The van der Waals surface area contributed by atoms with Gasteiger partial charge in [-0.2, -0.15) is 0 Å². The summed E-state index contributed by atoms with van der Waals surface area (Å²) < 4.78 is 7.78. The van der Waals surface area contributed by atoms with E-state index >= 15 is 0 Å². The van der Waals surface area contributed by atoms with Crippen LogP contribution in [-0.2, 0) is 27.9 Å². The van der Waals surface area contributed by atoms with E-state index in [4.69, 9.17) is 27.9 Å². The molecule has 5 rings (SSSR count). The molecule has 0 aliphatic carbocycles. The summed E-state index contributed by atoms with van der Waals surface area (Å²) in [6, 6.07) is 13.2. The lowest BCUT2D eigenvalue weighted by molar-refractivity contribution is -0.125. The molecule has 0 bridgehead atoms. The highest BCUT2D eigenvalue weighted by atomic mass is 35.5. The fourth-order valence-electron chi connectivity index (χ4n) is 4.90. The zero-order valence-corrected chi connectivity index (χ0v) is 19.8. The first-order chi connectivity index (χ1) is 16.1. The molecule has 0 atom stereocenters. The number of anilines is 1. The maximum atomic E-state index is 13.7. The molecule has 1 aromatic heterocycles. The molecule has 0 saturated carbocycles. The summed E-state index contributed by atoms with van der Waals surface area (Å²) >= 11 is 12.7. The standard InChI is InChI=1S/C25H26Cl2N4O2/c26-18-8-9-20(21(27)16-18)25(10-13-33-14-11-25)24(32)28-19-6-4-5-17(15-19)23-30-29-22-7-2-1-3-12-31(22)23/h4-6,8-9,15-16H,1-3,7,10-14H2,(H,28,32). The molecule has 172 valence electrons. The Hall–Kier alpha value is -2.41. The lowest BCUT2D eigenvalue weighted by Gasteiger charge is -2.36. The van der Waals surface area contributed by atoms with Crippen molar-refractivity contribution in [3.8, 4) is 11.4 Å². The van der Waals surface area contributed by atoms with Crippen molar-refractivity contribution in [3.63, 3.8) is 0 Å². The fourth-order valence-corrected chi connectivity index (χ4v) is 5.49. The van der Waals surface area contributed by atoms with Gasteiger partial charge in [0, 0.05) is 47.5 Å². The number of aromatic nitrogens is 3. The Morgan fingerprint density at radius 3 is 2.70 bits per heavy atom. The monoisotopic (exact) mass is 484 g/mol. The minimum atomic E-state index is -0.776. The number of halogens is 2. The number of benzene rings is 2. The molecule has 1 fully saturated rings. The van der Waals surface area contributed by atoms with E-state index in [-0.39, 0.29) is 5.91 Å². The first-order valence-corrected chi connectivity index (χ1v) is 12.2. The fraction of sp³-hybridized carbons (Fsp3) is 0.400. The van der Waals surface area contributed by atoms with E-state index in [9.17, 15) is 4.79 Å². The van der Waals surface area contributed by atoms with Gasteiger partial charge in [-0.05, 0) is 55.5 Å². The van der Waals surface area contributed by atoms with Gasteiger partial charge in [0.05, 0.1) is 5.41 Å². The first kappa shape index (κ1) is 22.4. The summed E-state index contributed by atoms with van der Waals surface area (Å²) in [4.78, 5) is 13.7. The van der Waals surface area contributed by atoms with Crippen molar-refractivity contribution < 1.29 is 9.53 Å². The SMILES string of the molecule is O=C(Nc1cccc(-c2nnc3n2CCCCC3)c1)C1(c2ccc(Cl)cc2Cl)CCOCC1. The normalized spacial score (nSPS) is 17.8. The highest BCUT2D eigenvalue weighted by Gasteiger charge is 2.43. The van der Waals surface area contributed by atoms with Crippen molar-refractivity contribution in [2.75, 3.05) is 18.5 Å². The predicted molar refractivity (Wildman–Crippen MR) is 130 cm³/mol. The van der Waals surface area contributed by atoms with Gasteiger partial charge < -0.3 is 14.6 Å². The Balaban J connectivity index is 1.45. The van der Waals surface area contributed by atoms with Gasteiger partial charge in [-0.1, -0.05) is 47.8 Å². The van der Waals surface area contributed by atoms with Crippen LogP contribution < -0.4 is 5.32 Å². The maximum Gasteiger partial charge on any atom is 0.235 e. The van der Waals surface area contributed by atoms with Crippen molar-refractivity contribution in [1.29, 1.82) is 0 Å². The summed E-state index contributed by atoms with van der Waals surface area (Å²) in [6.45, 7) is 1.92. The Kier molecular flexibility index (Phi) is 6.41. The summed E-state index contributed by atoms with van der Waals surface area (Å²) in [5.41, 5.74) is 1.67. The summed E-state index contributed by atoms with van der Waals surface area (Å²) in [6.07, 6.45) is 5.54. The maximum absolute atomic E-state index is 13.7. The van der Waals surface area contributed by atoms with Crippen molar-refractivity contribution in [3.05, 3.63) is 63.9 Å². The van der Waals surface area contributed by atoms with Gasteiger partial charge in [-0.3, -0.25) is 4.79 Å². The Bertz CT molecular complexity index is 1170. The van der Waals surface area contributed by atoms with Crippen LogP contribution in [0.2, 0.25) is 10.0 Å². The average Bonchev–Trinajstić information content (AvgIpc) is 3.08. The molecule has 33 heavy (non-hydrogen) atoms. The second kappa shape index (κ2) is 9.45. The Morgan fingerprint density at radius 1 is 1.03 bits per heavy atom. The van der Waals surface area contributed by atoms with Crippen LogP contribution in [0.4, 0.5) is 5.69 Å². The van der Waals surface area contributed by atoms with Crippen LogP contribution >= 0.6 is 23.2 Å². The van der Waals surface area contributed by atoms with Gasteiger partial charge in [0.15, 0.2) is 5.82 Å². The molecule has 2 aliphatic heterocycles. The minimum absolute atomic E-state index is 0.0905. The smallest absolute Gasteiger partial charge is 0.235 e. The van der Waals surface area contributed by atoms with Crippen LogP contribution in [-0.4, -0.2) is 33.9 Å². The lowest BCUT2D eigenvalue weighted by atomic mass is 9.73. The van der Waals surface area contributed by atoms with Gasteiger partial charge in [-0.25, -0.2) is 0 Å². The number of carbonyl (C=O) groups is 1. The second-order valence-corrected chi connectivity index (χ2v) is 9.60. The third-order valence-electron chi connectivity index (χ3n) is 6.72.